The summed E-state index contributed by atoms with van der Waals surface area (Å²) >= 11 is 3.39. The zero-order valence-corrected chi connectivity index (χ0v) is 12.9. The van der Waals surface area contributed by atoms with Crippen LogP contribution in [-0.4, -0.2) is 26.6 Å². The largest absolute Gasteiger partial charge is 0.465 e. The molecule has 0 aromatic carbocycles. The maximum atomic E-state index is 11.4. The minimum absolute atomic E-state index is 0.283. The second kappa shape index (κ2) is 5.26. The number of aryl methyl sites for hydroxylation is 1. The van der Waals surface area contributed by atoms with Crippen molar-refractivity contribution < 1.29 is 9.90 Å². The Labute approximate surface area is 116 Å². The summed E-state index contributed by atoms with van der Waals surface area (Å²) in [6.45, 7) is 9.45. The SMILES string of the molecule is Cc1cc([C@H](C)N(C(=O)O)C(C)(C)C)ncc1Br. The van der Waals surface area contributed by atoms with Crippen LogP contribution in [0.15, 0.2) is 16.7 Å². The molecule has 0 spiro atoms. The van der Waals surface area contributed by atoms with Gasteiger partial charge in [0.25, 0.3) is 0 Å². The first-order chi connectivity index (χ1) is 8.14. The average Bonchev–Trinajstić information content (AvgIpc) is 2.19. The van der Waals surface area contributed by atoms with Gasteiger partial charge in [0.2, 0.25) is 0 Å². The zero-order chi connectivity index (χ0) is 14.1. The number of amides is 1. The Balaban J connectivity index is 3.14. The molecule has 1 aromatic heterocycles. The molecular weight excluding hydrogens is 296 g/mol. The molecule has 1 aromatic rings. The molecule has 1 heterocycles. The van der Waals surface area contributed by atoms with Crippen molar-refractivity contribution in [2.24, 2.45) is 0 Å². The standard InChI is InChI=1S/C13H19BrN2O2/c1-8-6-11(15-7-10(8)14)9(2)16(12(17)18)13(3,4)5/h6-7,9H,1-5H3,(H,17,18)/t9-/m0/s1. The Morgan fingerprint density at radius 3 is 2.44 bits per heavy atom. The lowest BCUT2D eigenvalue weighted by molar-refractivity contribution is 0.0740. The van der Waals surface area contributed by atoms with Crippen LogP contribution >= 0.6 is 15.9 Å². The van der Waals surface area contributed by atoms with E-state index in [4.69, 9.17) is 0 Å². The number of carbonyl (C=O) groups is 1. The maximum absolute atomic E-state index is 11.4. The average molecular weight is 315 g/mol. The van der Waals surface area contributed by atoms with Gasteiger partial charge in [0.1, 0.15) is 0 Å². The van der Waals surface area contributed by atoms with E-state index in [0.717, 1.165) is 15.7 Å². The Morgan fingerprint density at radius 2 is 2.06 bits per heavy atom. The van der Waals surface area contributed by atoms with E-state index in [1.165, 1.54) is 4.90 Å². The summed E-state index contributed by atoms with van der Waals surface area (Å²) in [4.78, 5) is 17.1. The molecule has 0 saturated carbocycles. The lowest BCUT2D eigenvalue weighted by Crippen LogP contribution is -2.46. The van der Waals surface area contributed by atoms with E-state index in [0.29, 0.717) is 0 Å². The van der Waals surface area contributed by atoms with E-state index < -0.39 is 11.6 Å². The number of pyridine rings is 1. The van der Waals surface area contributed by atoms with Gasteiger partial charge in [-0.1, -0.05) is 0 Å². The Hall–Kier alpha value is -1.10. The minimum atomic E-state index is -0.933. The number of rotatable bonds is 2. The first-order valence-electron chi connectivity index (χ1n) is 5.79. The summed E-state index contributed by atoms with van der Waals surface area (Å²) in [5.41, 5.74) is 1.34. The van der Waals surface area contributed by atoms with Crippen molar-refractivity contribution in [3.63, 3.8) is 0 Å². The lowest BCUT2D eigenvalue weighted by atomic mass is 10.0. The zero-order valence-electron chi connectivity index (χ0n) is 11.4. The molecule has 1 atom stereocenters. The van der Waals surface area contributed by atoms with Crippen LogP contribution in [0.3, 0.4) is 0 Å². The van der Waals surface area contributed by atoms with Crippen LogP contribution in [0.5, 0.6) is 0 Å². The second-order valence-electron chi connectivity index (χ2n) is 5.36. The predicted molar refractivity (Wildman–Crippen MR) is 74.7 cm³/mol. The highest BCUT2D eigenvalue weighted by molar-refractivity contribution is 9.10. The molecular formula is C13H19BrN2O2. The molecule has 1 amide bonds. The molecule has 18 heavy (non-hydrogen) atoms. The normalized spacial score (nSPS) is 13.2. The molecule has 0 saturated heterocycles. The molecule has 1 rings (SSSR count). The van der Waals surface area contributed by atoms with Crippen molar-refractivity contribution >= 4 is 22.0 Å². The van der Waals surface area contributed by atoms with Crippen LogP contribution in [0.4, 0.5) is 4.79 Å². The number of hydrogen-bond acceptors (Lipinski definition) is 2. The Kier molecular flexibility index (Phi) is 4.37. The third-order valence-corrected chi connectivity index (χ3v) is 3.64. The third kappa shape index (κ3) is 3.22. The van der Waals surface area contributed by atoms with Crippen LogP contribution < -0.4 is 0 Å². The van der Waals surface area contributed by atoms with Crippen LogP contribution in [-0.2, 0) is 0 Å². The fourth-order valence-electron chi connectivity index (χ4n) is 1.96. The summed E-state index contributed by atoms with van der Waals surface area (Å²) in [5.74, 6) is 0. The van der Waals surface area contributed by atoms with Crippen LogP contribution in [0, 0.1) is 6.92 Å². The van der Waals surface area contributed by atoms with Crippen molar-refractivity contribution in [3.05, 3.63) is 28.0 Å². The fraction of sp³-hybridized carbons (Fsp3) is 0.538. The van der Waals surface area contributed by atoms with E-state index in [1.807, 2.05) is 40.7 Å². The summed E-state index contributed by atoms with van der Waals surface area (Å²) in [6.07, 6.45) is 0.779. The van der Waals surface area contributed by atoms with E-state index in [1.54, 1.807) is 6.20 Å². The van der Waals surface area contributed by atoms with Gasteiger partial charge in [0, 0.05) is 16.2 Å². The van der Waals surface area contributed by atoms with Gasteiger partial charge < -0.3 is 5.11 Å². The van der Waals surface area contributed by atoms with E-state index in [-0.39, 0.29) is 6.04 Å². The number of aromatic nitrogens is 1. The maximum Gasteiger partial charge on any atom is 0.408 e. The van der Waals surface area contributed by atoms with Crippen molar-refractivity contribution in [1.29, 1.82) is 0 Å². The highest BCUT2D eigenvalue weighted by Gasteiger charge is 2.32. The topological polar surface area (TPSA) is 53.4 Å². The molecule has 0 unspecified atom stereocenters. The number of halogens is 1. The fourth-order valence-corrected chi connectivity index (χ4v) is 2.17. The number of carboxylic acid groups (broad SMARTS) is 1. The van der Waals surface area contributed by atoms with Crippen molar-refractivity contribution in [2.75, 3.05) is 0 Å². The van der Waals surface area contributed by atoms with Crippen molar-refractivity contribution in [2.45, 2.75) is 46.2 Å². The highest BCUT2D eigenvalue weighted by atomic mass is 79.9. The second-order valence-corrected chi connectivity index (χ2v) is 6.21. The van der Waals surface area contributed by atoms with E-state index in [2.05, 4.69) is 20.9 Å². The van der Waals surface area contributed by atoms with Crippen LogP contribution in [0.2, 0.25) is 0 Å². The van der Waals surface area contributed by atoms with Crippen LogP contribution in [0.25, 0.3) is 0 Å². The molecule has 0 bridgehead atoms. The molecule has 100 valence electrons. The summed E-state index contributed by atoms with van der Waals surface area (Å²) < 4.78 is 0.927. The van der Waals surface area contributed by atoms with Crippen molar-refractivity contribution in [3.8, 4) is 0 Å². The molecule has 0 aliphatic rings. The van der Waals surface area contributed by atoms with Gasteiger partial charge in [-0.3, -0.25) is 9.88 Å². The van der Waals surface area contributed by atoms with Gasteiger partial charge in [-0.15, -0.1) is 0 Å². The van der Waals surface area contributed by atoms with Gasteiger partial charge in [-0.05, 0) is 62.2 Å². The molecule has 0 fully saturated rings. The van der Waals surface area contributed by atoms with Gasteiger partial charge >= 0.3 is 6.09 Å². The van der Waals surface area contributed by atoms with Gasteiger partial charge in [-0.25, -0.2) is 4.79 Å². The Morgan fingerprint density at radius 1 is 1.50 bits per heavy atom. The summed E-state index contributed by atoms with van der Waals surface area (Å²) in [5, 5.41) is 9.35. The van der Waals surface area contributed by atoms with E-state index >= 15 is 0 Å². The smallest absolute Gasteiger partial charge is 0.408 e. The summed E-state index contributed by atoms with van der Waals surface area (Å²) in [7, 11) is 0. The minimum Gasteiger partial charge on any atom is -0.465 e. The lowest BCUT2D eigenvalue weighted by Gasteiger charge is -2.37. The first kappa shape index (κ1) is 15.0. The van der Waals surface area contributed by atoms with Crippen molar-refractivity contribution in [1.82, 2.24) is 9.88 Å². The molecule has 0 aliphatic heterocycles. The molecule has 4 nitrogen and oxygen atoms in total. The monoisotopic (exact) mass is 314 g/mol. The molecule has 5 heteroatoms. The molecule has 0 aliphatic carbocycles. The quantitative estimate of drug-likeness (QED) is 0.897. The highest BCUT2D eigenvalue weighted by Crippen LogP contribution is 2.28. The van der Waals surface area contributed by atoms with Gasteiger partial charge in [0.05, 0.1) is 11.7 Å². The summed E-state index contributed by atoms with van der Waals surface area (Å²) in [6, 6.07) is 1.63. The van der Waals surface area contributed by atoms with E-state index in [9.17, 15) is 9.90 Å². The third-order valence-electron chi connectivity index (χ3n) is 2.81. The number of nitrogens with zero attached hydrogens (tertiary/aromatic N) is 2. The van der Waals surface area contributed by atoms with Gasteiger partial charge in [0.15, 0.2) is 0 Å². The van der Waals surface area contributed by atoms with Crippen LogP contribution in [0.1, 0.15) is 45.0 Å². The predicted octanol–water partition coefficient (Wildman–Crippen LogP) is 3.99. The first-order valence-corrected chi connectivity index (χ1v) is 6.58. The molecule has 1 N–H and O–H groups in total. The Bertz CT molecular complexity index is 455. The van der Waals surface area contributed by atoms with Gasteiger partial charge in [-0.2, -0.15) is 0 Å². The molecule has 0 radical (unpaired) electrons. The number of hydrogen-bond donors (Lipinski definition) is 1.